The van der Waals surface area contributed by atoms with Crippen LogP contribution in [0.15, 0.2) is 35.3 Å². The minimum Gasteiger partial charge on any atom is -0.481 e. The van der Waals surface area contributed by atoms with Crippen molar-refractivity contribution in [2.75, 3.05) is 5.32 Å². The Balaban J connectivity index is 1.64. The summed E-state index contributed by atoms with van der Waals surface area (Å²) in [6, 6.07) is 4.95. The molecule has 34 heavy (non-hydrogen) atoms. The molecule has 1 unspecified atom stereocenters. The number of carbonyl (C=O) groups is 3. The first-order valence-corrected chi connectivity index (χ1v) is 10.5. The topological polar surface area (TPSA) is 187 Å². The first-order chi connectivity index (χ1) is 16.1. The summed E-state index contributed by atoms with van der Waals surface area (Å²) in [5, 5.41) is 23.3. The van der Waals surface area contributed by atoms with Crippen molar-refractivity contribution in [2.45, 2.75) is 45.2 Å². The van der Waals surface area contributed by atoms with Crippen molar-refractivity contribution in [1.82, 2.24) is 25.3 Å². The smallest absolute Gasteiger partial charge is 0.326 e. The third kappa shape index (κ3) is 6.12. The molecule has 0 aliphatic heterocycles. The molecule has 12 nitrogen and oxygen atoms in total. The summed E-state index contributed by atoms with van der Waals surface area (Å²) in [5.74, 6) is -2.49. The van der Waals surface area contributed by atoms with E-state index in [9.17, 15) is 24.3 Å². The fourth-order valence-corrected chi connectivity index (χ4v) is 3.03. The van der Waals surface area contributed by atoms with Gasteiger partial charge in [-0.2, -0.15) is 0 Å². The molecule has 3 aromatic rings. The monoisotopic (exact) mass is 468 g/mol. The average Bonchev–Trinajstić information content (AvgIpc) is 2.80. The van der Waals surface area contributed by atoms with Crippen molar-refractivity contribution in [3.63, 3.8) is 0 Å². The van der Waals surface area contributed by atoms with Crippen molar-refractivity contribution < 1.29 is 24.6 Å². The van der Waals surface area contributed by atoms with E-state index >= 15 is 0 Å². The highest BCUT2D eigenvalue weighted by Gasteiger charge is 2.21. The highest BCUT2D eigenvalue weighted by Crippen LogP contribution is 2.13. The fraction of sp³-hybridized carbons (Fsp3) is 0.318. The summed E-state index contributed by atoms with van der Waals surface area (Å²) in [6.45, 7) is 4.08. The Morgan fingerprint density at radius 1 is 1.09 bits per heavy atom. The van der Waals surface area contributed by atoms with E-state index in [0.29, 0.717) is 17.2 Å². The minimum absolute atomic E-state index is 0.0463. The quantitative estimate of drug-likeness (QED) is 0.292. The number of benzene rings is 1. The predicted molar refractivity (Wildman–Crippen MR) is 122 cm³/mol. The van der Waals surface area contributed by atoms with Gasteiger partial charge >= 0.3 is 11.9 Å². The molecule has 5 N–H and O–H groups in total. The number of aromatic amines is 1. The van der Waals surface area contributed by atoms with Gasteiger partial charge in [0.2, 0.25) is 0 Å². The number of hydrogen-bond donors (Lipinski definition) is 5. The van der Waals surface area contributed by atoms with Crippen LogP contribution >= 0.6 is 0 Å². The van der Waals surface area contributed by atoms with Gasteiger partial charge in [0.1, 0.15) is 11.9 Å². The molecule has 1 amide bonds. The standard InChI is InChI=1S/C22H24N6O6/c1-11(2)18-27-19-17(21(32)28-18)25-14(10-24-19)9-23-13-5-3-12(4-6-13)20(31)26-15(22(33)34)7-8-16(29)30/h3-6,10-11,15,23H,7-9H2,1-2H3,(H,26,31)(H,29,30)(H,33,34)(H,24,27,28,32). The number of nitrogens with zero attached hydrogens (tertiary/aromatic N) is 3. The molecule has 1 atom stereocenters. The SMILES string of the molecule is CC(C)c1nc2ncc(CNc3ccc(C(=O)NC(CCC(=O)O)C(=O)O)cc3)nc2c(=O)[nH]1. The van der Waals surface area contributed by atoms with E-state index in [1.54, 1.807) is 12.1 Å². The maximum Gasteiger partial charge on any atom is 0.326 e. The number of aliphatic carboxylic acids is 2. The van der Waals surface area contributed by atoms with Gasteiger partial charge in [-0.25, -0.2) is 19.7 Å². The molecule has 0 aliphatic carbocycles. The van der Waals surface area contributed by atoms with E-state index in [1.165, 1.54) is 18.3 Å². The number of hydrogen-bond acceptors (Lipinski definition) is 8. The van der Waals surface area contributed by atoms with Gasteiger partial charge < -0.3 is 25.8 Å². The molecule has 178 valence electrons. The first kappa shape index (κ1) is 24.3. The van der Waals surface area contributed by atoms with Crippen molar-refractivity contribution in [3.05, 3.63) is 57.9 Å². The molecule has 3 rings (SSSR count). The second kappa shape index (κ2) is 10.5. The lowest BCUT2D eigenvalue weighted by atomic mass is 10.1. The molecule has 0 saturated heterocycles. The largest absolute Gasteiger partial charge is 0.481 e. The third-order valence-electron chi connectivity index (χ3n) is 4.90. The van der Waals surface area contributed by atoms with Crippen molar-refractivity contribution >= 4 is 34.7 Å². The summed E-state index contributed by atoms with van der Waals surface area (Å²) >= 11 is 0. The number of carboxylic acids is 2. The second-order valence-electron chi connectivity index (χ2n) is 7.87. The number of amides is 1. The van der Waals surface area contributed by atoms with Crippen molar-refractivity contribution in [2.24, 2.45) is 0 Å². The molecule has 0 spiro atoms. The fourth-order valence-electron chi connectivity index (χ4n) is 3.03. The van der Waals surface area contributed by atoms with Crippen LogP contribution in [0.4, 0.5) is 5.69 Å². The van der Waals surface area contributed by atoms with Crippen LogP contribution in [-0.4, -0.2) is 54.0 Å². The molecule has 12 heteroatoms. The summed E-state index contributed by atoms with van der Waals surface area (Å²) < 4.78 is 0. The van der Waals surface area contributed by atoms with E-state index < -0.39 is 23.9 Å². The van der Waals surface area contributed by atoms with Gasteiger partial charge in [-0.05, 0) is 30.7 Å². The van der Waals surface area contributed by atoms with Crippen LogP contribution in [0.3, 0.4) is 0 Å². The molecule has 0 fully saturated rings. The van der Waals surface area contributed by atoms with Gasteiger partial charge in [0.25, 0.3) is 11.5 Å². The van der Waals surface area contributed by atoms with Crippen LogP contribution in [0.2, 0.25) is 0 Å². The Morgan fingerprint density at radius 2 is 1.79 bits per heavy atom. The van der Waals surface area contributed by atoms with Crippen LogP contribution in [0.25, 0.3) is 11.2 Å². The number of nitrogens with one attached hydrogen (secondary N) is 3. The van der Waals surface area contributed by atoms with Crippen LogP contribution in [0.1, 0.15) is 54.5 Å². The van der Waals surface area contributed by atoms with E-state index in [1.807, 2.05) is 13.8 Å². The number of carbonyl (C=O) groups excluding carboxylic acids is 1. The maximum absolute atomic E-state index is 12.3. The molecular formula is C22H24N6O6. The van der Waals surface area contributed by atoms with Gasteiger partial charge in [-0.15, -0.1) is 0 Å². The lowest BCUT2D eigenvalue weighted by molar-refractivity contribution is -0.140. The van der Waals surface area contributed by atoms with Gasteiger partial charge in [0, 0.05) is 23.6 Å². The van der Waals surface area contributed by atoms with Gasteiger partial charge in [0.05, 0.1) is 18.4 Å². The zero-order valence-electron chi connectivity index (χ0n) is 18.5. The number of anilines is 1. The average molecular weight is 468 g/mol. The highest BCUT2D eigenvalue weighted by molar-refractivity contribution is 5.96. The van der Waals surface area contributed by atoms with Crippen LogP contribution in [0.5, 0.6) is 0 Å². The Morgan fingerprint density at radius 3 is 2.41 bits per heavy atom. The Labute approximate surface area is 193 Å². The van der Waals surface area contributed by atoms with Crippen molar-refractivity contribution in [1.29, 1.82) is 0 Å². The molecule has 0 saturated carbocycles. The molecule has 0 aliphatic rings. The predicted octanol–water partition coefficient (Wildman–Crippen LogP) is 1.50. The minimum atomic E-state index is -1.31. The number of carboxylic acid groups (broad SMARTS) is 2. The highest BCUT2D eigenvalue weighted by atomic mass is 16.4. The number of rotatable bonds is 10. The lowest BCUT2D eigenvalue weighted by Gasteiger charge is -2.14. The molecular weight excluding hydrogens is 444 g/mol. The summed E-state index contributed by atoms with van der Waals surface area (Å²) in [6.07, 6.45) is 0.926. The van der Waals surface area contributed by atoms with E-state index in [2.05, 4.69) is 30.6 Å². The summed E-state index contributed by atoms with van der Waals surface area (Å²) in [7, 11) is 0. The van der Waals surface area contributed by atoms with E-state index in [0.717, 1.165) is 0 Å². The number of fused-ring (bicyclic) bond motifs is 1. The second-order valence-corrected chi connectivity index (χ2v) is 7.87. The van der Waals surface area contributed by atoms with Gasteiger partial charge in [-0.3, -0.25) is 14.4 Å². The number of H-pyrrole nitrogens is 1. The molecule has 0 radical (unpaired) electrons. The van der Waals surface area contributed by atoms with E-state index in [4.69, 9.17) is 5.11 Å². The van der Waals surface area contributed by atoms with Crippen LogP contribution < -0.4 is 16.2 Å². The number of aromatic nitrogens is 4. The van der Waals surface area contributed by atoms with E-state index in [-0.39, 0.29) is 47.6 Å². The third-order valence-corrected chi connectivity index (χ3v) is 4.90. The Kier molecular flexibility index (Phi) is 7.51. The van der Waals surface area contributed by atoms with Crippen LogP contribution in [0, 0.1) is 0 Å². The van der Waals surface area contributed by atoms with Crippen LogP contribution in [-0.2, 0) is 16.1 Å². The zero-order chi connectivity index (χ0) is 24.8. The maximum atomic E-state index is 12.3. The molecule has 0 bridgehead atoms. The molecule has 2 aromatic heterocycles. The van der Waals surface area contributed by atoms with Crippen molar-refractivity contribution in [3.8, 4) is 0 Å². The first-order valence-electron chi connectivity index (χ1n) is 10.5. The Bertz CT molecular complexity index is 1270. The molecule has 2 heterocycles. The zero-order valence-corrected chi connectivity index (χ0v) is 18.5. The van der Waals surface area contributed by atoms with Gasteiger partial charge in [0.15, 0.2) is 11.2 Å². The molecule has 1 aromatic carbocycles. The Hall–Kier alpha value is -4.35. The van der Waals surface area contributed by atoms with Gasteiger partial charge in [-0.1, -0.05) is 13.8 Å². The summed E-state index contributed by atoms with van der Waals surface area (Å²) in [5.41, 5.74) is 1.45. The normalized spacial score (nSPS) is 11.9. The lowest BCUT2D eigenvalue weighted by Crippen LogP contribution is -2.41. The summed E-state index contributed by atoms with van der Waals surface area (Å²) in [4.78, 5) is 62.1.